The SMILES string of the molecule is Cc1ccc(C)c(/C(O)=C2\C(=O)C(=O)N(Cc3cccs3)C2c2ccncc2)c1. The van der Waals surface area contributed by atoms with E-state index in [1.807, 2.05) is 49.6 Å². The third kappa shape index (κ3) is 3.47. The fraction of sp³-hybridized carbons (Fsp3) is 0.174. The lowest BCUT2D eigenvalue weighted by molar-refractivity contribution is -0.140. The van der Waals surface area contributed by atoms with Crippen LogP contribution in [0.15, 0.2) is 65.8 Å². The van der Waals surface area contributed by atoms with E-state index >= 15 is 0 Å². The van der Waals surface area contributed by atoms with E-state index in [0.29, 0.717) is 12.1 Å². The number of benzene rings is 1. The lowest BCUT2D eigenvalue weighted by atomic mass is 9.94. The van der Waals surface area contributed by atoms with Crippen molar-refractivity contribution < 1.29 is 14.7 Å². The van der Waals surface area contributed by atoms with Gasteiger partial charge in [-0.2, -0.15) is 0 Å². The highest BCUT2D eigenvalue weighted by atomic mass is 32.1. The number of carbonyl (C=O) groups is 2. The highest BCUT2D eigenvalue weighted by Gasteiger charge is 2.46. The third-order valence-electron chi connectivity index (χ3n) is 5.12. The summed E-state index contributed by atoms with van der Waals surface area (Å²) in [7, 11) is 0. The Balaban J connectivity index is 1.90. The number of thiophene rings is 1. The maximum atomic E-state index is 13.0. The average molecular weight is 404 g/mol. The van der Waals surface area contributed by atoms with E-state index in [4.69, 9.17) is 0 Å². The molecular formula is C23H20N2O3S. The van der Waals surface area contributed by atoms with E-state index in [1.54, 1.807) is 24.5 Å². The third-order valence-corrected chi connectivity index (χ3v) is 5.98. The van der Waals surface area contributed by atoms with Crippen LogP contribution in [-0.2, 0) is 16.1 Å². The smallest absolute Gasteiger partial charge is 0.295 e. The second-order valence-corrected chi connectivity index (χ2v) is 8.14. The van der Waals surface area contributed by atoms with Gasteiger partial charge < -0.3 is 10.0 Å². The summed E-state index contributed by atoms with van der Waals surface area (Å²) in [6.07, 6.45) is 3.25. The second-order valence-electron chi connectivity index (χ2n) is 7.11. The van der Waals surface area contributed by atoms with Crippen molar-refractivity contribution in [3.05, 3.63) is 92.9 Å². The van der Waals surface area contributed by atoms with Gasteiger partial charge in [0.15, 0.2) is 0 Å². The summed E-state index contributed by atoms with van der Waals surface area (Å²) in [4.78, 5) is 32.5. The van der Waals surface area contributed by atoms with Gasteiger partial charge in [0.2, 0.25) is 0 Å². The number of ketones is 1. The molecule has 3 aromatic rings. The number of aryl methyl sites for hydroxylation is 2. The van der Waals surface area contributed by atoms with Crippen LogP contribution in [0.25, 0.3) is 5.76 Å². The topological polar surface area (TPSA) is 70.5 Å². The van der Waals surface area contributed by atoms with Crippen molar-refractivity contribution in [3.63, 3.8) is 0 Å². The zero-order chi connectivity index (χ0) is 20.5. The van der Waals surface area contributed by atoms with Crippen LogP contribution in [0.4, 0.5) is 0 Å². The van der Waals surface area contributed by atoms with Gasteiger partial charge in [-0.3, -0.25) is 14.6 Å². The molecule has 0 aliphatic carbocycles. The van der Waals surface area contributed by atoms with Crippen molar-refractivity contribution in [2.24, 2.45) is 0 Å². The number of amides is 1. The molecule has 0 bridgehead atoms. The number of aliphatic hydroxyl groups excluding tert-OH is 1. The van der Waals surface area contributed by atoms with Crippen molar-refractivity contribution in [1.29, 1.82) is 0 Å². The molecular weight excluding hydrogens is 384 g/mol. The molecule has 1 atom stereocenters. The fourth-order valence-corrected chi connectivity index (χ4v) is 4.34. The first kappa shape index (κ1) is 19.1. The summed E-state index contributed by atoms with van der Waals surface area (Å²) in [5.41, 5.74) is 3.23. The first-order valence-electron chi connectivity index (χ1n) is 9.25. The Morgan fingerprint density at radius 1 is 1.14 bits per heavy atom. The molecule has 1 amide bonds. The van der Waals surface area contributed by atoms with Crippen molar-refractivity contribution >= 4 is 28.8 Å². The van der Waals surface area contributed by atoms with Crippen LogP contribution < -0.4 is 0 Å². The number of aromatic nitrogens is 1. The van der Waals surface area contributed by atoms with Crippen molar-refractivity contribution in [1.82, 2.24) is 9.88 Å². The number of likely N-dealkylation sites (tertiary alicyclic amines) is 1. The summed E-state index contributed by atoms with van der Waals surface area (Å²) in [5, 5.41) is 13.1. The van der Waals surface area contributed by atoms with E-state index < -0.39 is 17.7 Å². The minimum atomic E-state index is -0.667. The summed E-state index contributed by atoms with van der Waals surface area (Å²) in [6.45, 7) is 4.10. The molecule has 29 heavy (non-hydrogen) atoms. The van der Waals surface area contributed by atoms with E-state index in [-0.39, 0.29) is 11.3 Å². The van der Waals surface area contributed by atoms with Gasteiger partial charge in [0.1, 0.15) is 5.76 Å². The number of Topliss-reactive ketones (excluding diaryl/α,β-unsaturated/α-hetero) is 1. The van der Waals surface area contributed by atoms with Gasteiger partial charge in [-0.05, 0) is 54.6 Å². The van der Waals surface area contributed by atoms with Crippen LogP contribution in [0, 0.1) is 13.8 Å². The maximum Gasteiger partial charge on any atom is 0.295 e. The van der Waals surface area contributed by atoms with Gasteiger partial charge in [0.05, 0.1) is 18.2 Å². The zero-order valence-corrected chi connectivity index (χ0v) is 16.9. The summed E-state index contributed by atoms with van der Waals surface area (Å²) in [6, 6.07) is 12.4. The van der Waals surface area contributed by atoms with E-state index in [1.165, 1.54) is 16.2 Å². The molecule has 3 heterocycles. The van der Waals surface area contributed by atoms with Crippen molar-refractivity contribution in [2.45, 2.75) is 26.4 Å². The van der Waals surface area contributed by atoms with E-state index in [0.717, 1.165) is 21.6 Å². The van der Waals surface area contributed by atoms with Crippen molar-refractivity contribution in [3.8, 4) is 0 Å². The lowest BCUT2D eigenvalue weighted by Gasteiger charge is -2.25. The van der Waals surface area contributed by atoms with Crippen LogP contribution in [0.1, 0.15) is 33.2 Å². The molecule has 0 radical (unpaired) electrons. The maximum absolute atomic E-state index is 13.0. The minimum Gasteiger partial charge on any atom is -0.507 e. The molecule has 4 rings (SSSR count). The number of nitrogens with zero attached hydrogens (tertiary/aromatic N) is 2. The van der Waals surface area contributed by atoms with Crippen LogP contribution in [0.5, 0.6) is 0 Å². The van der Waals surface area contributed by atoms with Crippen molar-refractivity contribution in [2.75, 3.05) is 0 Å². The Hall–Kier alpha value is -3.25. The van der Waals surface area contributed by atoms with Crippen LogP contribution >= 0.6 is 11.3 Å². The molecule has 1 N–H and O–H groups in total. The Bertz CT molecular complexity index is 1100. The first-order chi connectivity index (χ1) is 14.0. The molecule has 1 saturated heterocycles. The monoisotopic (exact) mass is 404 g/mol. The van der Waals surface area contributed by atoms with Crippen LogP contribution in [0.3, 0.4) is 0 Å². The number of carbonyl (C=O) groups excluding carboxylic acids is 2. The molecule has 0 saturated carbocycles. The predicted octanol–water partition coefficient (Wildman–Crippen LogP) is 4.38. The molecule has 5 nitrogen and oxygen atoms in total. The molecule has 2 aromatic heterocycles. The quantitative estimate of drug-likeness (QED) is 0.398. The normalized spacial score (nSPS) is 18.4. The second kappa shape index (κ2) is 7.64. The summed E-state index contributed by atoms with van der Waals surface area (Å²) >= 11 is 1.52. The zero-order valence-electron chi connectivity index (χ0n) is 16.1. The van der Waals surface area contributed by atoms with Gasteiger partial charge in [-0.1, -0.05) is 23.8 Å². The number of rotatable bonds is 4. The number of aliphatic hydroxyl groups is 1. The van der Waals surface area contributed by atoms with Gasteiger partial charge in [0.25, 0.3) is 11.7 Å². The lowest BCUT2D eigenvalue weighted by Crippen LogP contribution is -2.28. The van der Waals surface area contributed by atoms with E-state index in [9.17, 15) is 14.7 Å². The van der Waals surface area contributed by atoms with Crippen LogP contribution in [0.2, 0.25) is 0 Å². The Morgan fingerprint density at radius 2 is 1.90 bits per heavy atom. The molecule has 1 unspecified atom stereocenters. The number of pyridine rings is 1. The molecule has 1 aliphatic heterocycles. The molecule has 6 heteroatoms. The fourth-order valence-electron chi connectivity index (χ4n) is 3.64. The Kier molecular flexibility index (Phi) is 5.03. The highest BCUT2D eigenvalue weighted by Crippen LogP contribution is 2.40. The molecule has 146 valence electrons. The standard InChI is InChI=1S/C23H20N2O3S/c1-14-5-6-15(2)18(12-14)21(26)19-20(16-7-9-24-10-8-16)25(23(28)22(19)27)13-17-4-3-11-29-17/h3-12,20,26H,13H2,1-2H3/b21-19+. The summed E-state index contributed by atoms with van der Waals surface area (Å²) < 4.78 is 0. The minimum absolute atomic E-state index is 0.117. The number of hydrogen-bond acceptors (Lipinski definition) is 5. The summed E-state index contributed by atoms with van der Waals surface area (Å²) in [5.74, 6) is -1.41. The Morgan fingerprint density at radius 3 is 2.59 bits per heavy atom. The van der Waals surface area contributed by atoms with Gasteiger partial charge in [-0.25, -0.2) is 0 Å². The molecule has 1 aliphatic rings. The highest BCUT2D eigenvalue weighted by molar-refractivity contribution is 7.09. The predicted molar refractivity (Wildman–Crippen MR) is 112 cm³/mol. The van der Waals surface area contributed by atoms with E-state index in [2.05, 4.69) is 4.98 Å². The molecule has 1 fully saturated rings. The average Bonchev–Trinajstić information content (AvgIpc) is 3.32. The number of hydrogen-bond donors (Lipinski definition) is 1. The van der Waals surface area contributed by atoms with Gasteiger partial charge >= 0.3 is 0 Å². The Labute approximate surface area is 173 Å². The first-order valence-corrected chi connectivity index (χ1v) is 10.1. The van der Waals surface area contributed by atoms with Crippen LogP contribution in [-0.4, -0.2) is 26.7 Å². The largest absolute Gasteiger partial charge is 0.507 e. The van der Waals surface area contributed by atoms with Gasteiger partial charge in [0, 0.05) is 22.8 Å². The molecule has 0 spiro atoms. The molecule has 1 aromatic carbocycles. The van der Waals surface area contributed by atoms with Gasteiger partial charge in [-0.15, -0.1) is 11.3 Å².